The molecular formula is C13H14N2O. The van der Waals surface area contributed by atoms with Crippen molar-refractivity contribution in [3.63, 3.8) is 0 Å². The van der Waals surface area contributed by atoms with Gasteiger partial charge in [-0.05, 0) is 23.8 Å². The highest BCUT2D eigenvalue weighted by Crippen LogP contribution is 2.23. The minimum atomic E-state index is 0.744. The van der Waals surface area contributed by atoms with Crippen molar-refractivity contribution in [2.24, 2.45) is 0 Å². The predicted molar refractivity (Wildman–Crippen MR) is 64.6 cm³/mol. The molecule has 0 amide bonds. The summed E-state index contributed by atoms with van der Waals surface area (Å²) in [7, 11) is 1.67. The van der Waals surface area contributed by atoms with Crippen LogP contribution < -0.4 is 10.1 Å². The Morgan fingerprint density at radius 3 is 2.81 bits per heavy atom. The van der Waals surface area contributed by atoms with E-state index in [0.717, 1.165) is 23.5 Å². The van der Waals surface area contributed by atoms with Gasteiger partial charge in [-0.2, -0.15) is 0 Å². The van der Waals surface area contributed by atoms with E-state index in [9.17, 15) is 0 Å². The molecule has 1 heterocycles. The summed E-state index contributed by atoms with van der Waals surface area (Å²) >= 11 is 0. The maximum absolute atomic E-state index is 5.26. The van der Waals surface area contributed by atoms with Gasteiger partial charge >= 0.3 is 0 Å². The molecule has 0 aliphatic rings. The molecule has 0 unspecified atom stereocenters. The Kier molecular flexibility index (Phi) is 3.38. The van der Waals surface area contributed by atoms with Gasteiger partial charge in [-0.1, -0.05) is 18.2 Å². The number of rotatable bonds is 4. The van der Waals surface area contributed by atoms with Gasteiger partial charge in [0.2, 0.25) is 0 Å². The Balaban J connectivity index is 2.05. The summed E-state index contributed by atoms with van der Waals surface area (Å²) in [6, 6.07) is 11.8. The number of benzene rings is 1. The van der Waals surface area contributed by atoms with E-state index in [-0.39, 0.29) is 0 Å². The molecule has 1 N–H and O–H groups in total. The summed E-state index contributed by atoms with van der Waals surface area (Å²) < 4.78 is 5.26. The van der Waals surface area contributed by atoms with Crippen LogP contribution >= 0.6 is 0 Å². The number of anilines is 1. The highest BCUT2D eigenvalue weighted by atomic mass is 16.5. The zero-order chi connectivity index (χ0) is 11.2. The molecule has 0 atom stereocenters. The van der Waals surface area contributed by atoms with Gasteiger partial charge in [-0.15, -0.1) is 0 Å². The molecule has 0 fully saturated rings. The number of para-hydroxylation sites is 2. The van der Waals surface area contributed by atoms with E-state index < -0.39 is 0 Å². The Labute approximate surface area is 95.1 Å². The highest BCUT2D eigenvalue weighted by molar-refractivity contribution is 5.56. The molecule has 1 aromatic heterocycles. The highest BCUT2D eigenvalue weighted by Gasteiger charge is 2.00. The fourth-order valence-corrected chi connectivity index (χ4v) is 1.49. The SMILES string of the molecule is COc1ccccc1NCc1cccnc1. The van der Waals surface area contributed by atoms with Crippen molar-refractivity contribution in [3.05, 3.63) is 54.4 Å². The molecule has 0 bridgehead atoms. The Morgan fingerprint density at radius 1 is 1.19 bits per heavy atom. The van der Waals surface area contributed by atoms with Gasteiger partial charge in [-0.3, -0.25) is 4.98 Å². The number of methoxy groups -OCH3 is 1. The first-order chi connectivity index (χ1) is 7.90. The smallest absolute Gasteiger partial charge is 0.141 e. The van der Waals surface area contributed by atoms with Gasteiger partial charge in [0.05, 0.1) is 12.8 Å². The first kappa shape index (κ1) is 10.5. The van der Waals surface area contributed by atoms with Crippen molar-refractivity contribution in [3.8, 4) is 5.75 Å². The second-order valence-corrected chi connectivity index (χ2v) is 3.42. The third-order valence-electron chi connectivity index (χ3n) is 2.31. The summed E-state index contributed by atoms with van der Waals surface area (Å²) in [5.41, 5.74) is 2.14. The van der Waals surface area contributed by atoms with E-state index in [0.29, 0.717) is 0 Å². The number of pyridine rings is 1. The van der Waals surface area contributed by atoms with Crippen molar-refractivity contribution in [1.82, 2.24) is 4.98 Å². The van der Waals surface area contributed by atoms with Crippen LogP contribution in [0, 0.1) is 0 Å². The molecule has 0 aliphatic carbocycles. The fourth-order valence-electron chi connectivity index (χ4n) is 1.49. The fraction of sp³-hybridized carbons (Fsp3) is 0.154. The van der Waals surface area contributed by atoms with E-state index in [4.69, 9.17) is 4.74 Å². The summed E-state index contributed by atoms with van der Waals surface area (Å²) in [6.07, 6.45) is 3.62. The van der Waals surface area contributed by atoms with Crippen LogP contribution in [0.5, 0.6) is 5.75 Å². The zero-order valence-corrected chi connectivity index (χ0v) is 9.18. The number of hydrogen-bond acceptors (Lipinski definition) is 3. The van der Waals surface area contributed by atoms with Crippen molar-refractivity contribution in [2.45, 2.75) is 6.54 Å². The van der Waals surface area contributed by atoms with Crippen LogP contribution in [0.1, 0.15) is 5.56 Å². The molecule has 0 radical (unpaired) electrons. The van der Waals surface area contributed by atoms with Crippen LogP contribution in [0.15, 0.2) is 48.8 Å². The lowest BCUT2D eigenvalue weighted by Crippen LogP contribution is -2.01. The summed E-state index contributed by atoms with van der Waals surface area (Å²) in [6.45, 7) is 0.744. The van der Waals surface area contributed by atoms with Gasteiger partial charge in [0, 0.05) is 18.9 Å². The molecule has 0 saturated carbocycles. The molecule has 3 heteroatoms. The van der Waals surface area contributed by atoms with Crippen LogP contribution in [-0.4, -0.2) is 12.1 Å². The first-order valence-electron chi connectivity index (χ1n) is 5.16. The summed E-state index contributed by atoms with van der Waals surface area (Å²) in [5, 5.41) is 3.32. The maximum atomic E-state index is 5.26. The normalized spacial score (nSPS) is 9.81. The molecule has 1 aromatic carbocycles. The molecule has 2 aromatic rings. The van der Waals surface area contributed by atoms with E-state index in [1.807, 2.05) is 42.6 Å². The number of aromatic nitrogens is 1. The van der Waals surface area contributed by atoms with Gasteiger partial charge < -0.3 is 10.1 Å². The second-order valence-electron chi connectivity index (χ2n) is 3.42. The predicted octanol–water partition coefficient (Wildman–Crippen LogP) is 2.70. The molecule has 2 rings (SSSR count). The maximum Gasteiger partial charge on any atom is 0.141 e. The lowest BCUT2D eigenvalue weighted by atomic mass is 10.2. The van der Waals surface area contributed by atoms with Gasteiger partial charge in [0.25, 0.3) is 0 Å². The third kappa shape index (κ3) is 2.51. The zero-order valence-electron chi connectivity index (χ0n) is 9.18. The first-order valence-corrected chi connectivity index (χ1v) is 5.16. The summed E-state index contributed by atoms with van der Waals surface area (Å²) in [5.74, 6) is 0.853. The quantitative estimate of drug-likeness (QED) is 0.849. The van der Waals surface area contributed by atoms with Gasteiger partial charge in [0.15, 0.2) is 0 Å². The van der Waals surface area contributed by atoms with Crippen LogP contribution in [-0.2, 0) is 6.54 Å². The van der Waals surface area contributed by atoms with E-state index in [1.54, 1.807) is 13.3 Å². The number of nitrogens with zero attached hydrogens (tertiary/aromatic N) is 1. The average Bonchev–Trinajstić information content (AvgIpc) is 2.38. The van der Waals surface area contributed by atoms with Crippen LogP contribution in [0.2, 0.25) is 0 Å². The monoisotopic (exact) mass is 214 g/mol. The van der Waals surface area contributed by atoms with Crippen LogP contribution in [0.3, 0.4) is 0 Å². The average molecular weight is 214 g/mol. The van der Waals surface area contributed by atoms with Gasteiger partial charge in [0.1, 0.15) is 5.75 Å². The lowest BCUT2D eigenvalue weighted by molar-refractivity contribution is 0.416. The van der Waals surface area contributed by atoms with Crippen molar-refractivity contribution in [2.75, 3.05) is 12.4 Å². The van der Waals surface area contributed by atoms with Crippen molar-refractivity contribution >= 4 is 5.69 Å². The molecule has 0 saturated heterocycles. The largest absolute Gasteiger partial charge is 0.495 e. The van der Waals surface area contributed by atoms with Crippen LogP contribution in [0.25, 0.3) is 0 Å². The summed E-state index contributed by atoms with van der Waals surface area (Å²) in [4.78, 5) is 4.07. The molecule has 0 spiro atoms. The molecular weight excluding hydrogens is 200 g/mol. The van der Waals surface area contributed by atoms with E-state index in [2.05, 4.69) is 10.3 Å². The minimum absolute atomic E-state index is 0.744. The molecule has 0 aliphatic heterocycles. The van der Waals surface area contributed by atoms with E-state index >= 15 is 0 Å². The topological polar surface area (TPSA) is 34.1 Å². The van der Waals surface area contributed by atoms with Crippen LogP contribution in [0.4, 0.5) is 5.69 Å². The van der Waals surface area contributed by atoms with Crippen molar-refractivity contribution in [1.29, 1.82) is 0 Å². The second kappa shape index (κ2) is 5.16. The standard InChI is InChI=1S/C13H14N2O/c1-16-13-7-3-2-6-12(13)15-10-11-5-4-8-14-9-11/h2-9,15H,10H2,1H3. The van der Waals surface area contributed by atoms with Crippen molar-refractivity contribution < 1.29 is 4.74 Å². The number of ether oxygens (including phenoxy) is 1. The van der Waals surface area contributed by atoms with Gasteiger partial charge in [-0.25, -0.2) is 0 Å². The molecule has 3 nitrogen and oxygen atoms in total. The molecule has 82 valence electrons. The van der Waals surface area contributed by atoms with E-state index in [1.165, 1.54) is 0 Å². The number of nitrogens with one attached hydrogen (secondary N) is 1. The Bertz CT molecular complexity index is 443. The molecule has 16 heavy (non-hydrogen) atoms. The third-order valence-corrected chi connectivity index (χ3v) is 2.31. The Hall–Kier alpha value is -2.03. The Morgan fingerprint density at radius 2 is 2.06 bits per heavy atom. The minimum Gasteiger partial charge on any atom is -0.495 e. The lowest BCUT2D eigenvalue weighted by Gasteiger charge is -2.10. The number of hydrogen-bond donors (Lipinski definition) is 1.